The number of benzene rings is 1. The highest BCUT2D eigenvalue weighted by atomic mass is 16.5. The SMILES string of the molecule is COc1cccc(-n2nccc2C)c1. The molecular formula is C11H12N2O. The molecule has 2 aromatic rings. The number of ether oxygens (including phenoxy) is 1. The molecule has 1 aromatic heterocycles. The maximum Gasteiger partial charge on any atom is 0.121 e. The molecule has 0 N–H and O–H groups in total. The summed E-state index contributed by atoms with van der Waals surface area (Å²) < 4.78 is 7.03. The first-order chi connectivity index (χ1) is 6.81. The molecule has 0 saturated carbocycles. The molecular weight excluding hydrogens is 176 g/mol. The lowest BCUT2D eigenvalue weighted by atomic mass is 10.3. The predicted molar refractivity (Wildman–Crippen MR) is 54.9 cm³/mol. The number of rotatable bonds is 2. The van der Waals surface area contributed by atoms with Crippen LogP contribution in [-0.2, 0) is 0 Å². The van der Waals surface area contributed by atoms with Crippen molar-refractivity contribution in [2.24, 2.45) is 0 Å². The number of methoxy groups -OCH3 is 1. The molecule has 0 amide bonds. The quantitative estimate of drug-likeness (QED) is 0.722. The van der Waals surface area contributed by atoms with Crippen LogP contribution in [0.5, 0.6) is 5.75 Å². The highest BCUT2D eigenvalue weighted by molar-refractivity contribution is 5.39. The Balaban J connectivity index is 2.47. The number of hydrogen-bond acceptors (Lipinski definition) is 2. The van der Waals surface area contributed by atoms with E-state index >= 15 is 0 Å². The Morgan fingerprint density at radius 3 is 2.79 bits per heavy atom. The summed E-state index contributed by atoms with van der Waals surface area (Å²) in [6, 6.07) is 9.81. The van der Waals surface area contributed by atoms with Crippen molar-refractivity contribution in [2.45, 2.75) is 6.92 Å². The van der Waals surface area contributed by atoms with Crippen molar-refractivity contribution in [1.82, 2.24) is 9.78 Å². The Labute approximate surface area is 82.9 Å². The minimum absolute atomic E-state index is 0.845. The van der Waals surface area contributed by atoms with Crippen LogP contribution in [0.2, 0.25) is 0 Å². The lowest BCUT2D eigenvalue weighted by molar-refractivity contribution is 0.414. The highest BCUT2D eigenvalue weighted by Crippen LogP contribution is 2.16. The Bertz CT molecular complexity index is 434. The third kappa shape index (κ3) is 1.48. The van der Waals surface area contributed by atoms with Crippen molar-refractivity contribution >= 4 is 0 Å². The predicted octanol–water partition coefficient (Wildman–Crippen LogP) is 2.19. The molecule has 3 nitrogen and oxygen atoms in total. The van der Waals surface area contributed by atoms with Gasteiger partial charge in [-0.3, -0.25) is 0 Å². The topological polar surface area (TPSA) is 27.1 Å². The summed E-state index contributed by atoms with van der Waals surface area (Å²) >= 11 is 0. The first kappa shape index (κ1) is 8.81. The molecule has 3 heteroatoms. The maximum atomic E-state index is 5.15. The molecule has 1 heterocycles. The van der Waals surface area contributed by atoms with Crippen molar-refractivity contribution in [2.75, 3.05) is 7.11 Å². The molecule has 1 aromatic carbocycles. The van der Waals surface area contributed by atoms with Crippen molar-refractivity contribution < 1.29 is 4.74 Å². The zero-order valence-electron chi connectivity index (χ0n) is 8.27. The van der Waals surface area contributed by atoms with E-state index in [0.29, 0.717) is 0 Å². The van der Waals surface area contributed by atoms with E-state index in [1.54, 1.807) is 13.3 Å². The monoisotopic (exact) mass is 188 g/mol. The van der Waals surface area contributed by atoms with Crippen molar-refractivity contribution in [3.63, 3.8) is 0 Å². The number of aryl methyl sites for hydroxylation is 1. The van der Waals surface area contributed by atoms with Crippen LogP contribution in [0, 0.1) is 6.92 Å². The van der Waals surface area contributed by atoms with E-state index in [9.17, 15) is 0 Å². The van der Waals surface area contributed by atoms with Crippen LogP contribution in [0.25, 0.3) is 5.69 Å². The largest absolute Gasteiger partial charge is 0.497 e. The van der Waals surface area contributed by atoms with Gasteiger partial charge in [0.15, 0.2) is 0 Å². The van der Waals surface area contributed by atoms with Crippen molar-refractivity contribution in [3.8, 4) is 11.4 Å². The standard InChI is InChI=1S/C11H12N2O/c1-9-6-7-12-13(9)10-4-3-5-11(8-10)14-2/h3-8H,1-2H3. The van der Waals surface area contributed by atoms with Gasteiger partial charge in [0.25, 0.3) is 0 Å². The van der Waals surface area contributed by atoms with Gasteiger partial charge in [0.2, 0.25) is 0 Å². The summed E-state index contributed by atoms with van der Waals surface area (Å²) in [6.45, 7) is 2.02. The minimum atomic E-state index is 0.845. The van der Waals surface area contributed by atoms with E-state index in [1.165, 1.54) is 0 Å². The summed E-state index contributed by atoms with van der Waals surface area (Å²) in [5, 5.41) is 4.22. The summed E-state index contributed by atoms with van der Waals surface area (Å²) in [5.41, 5.74) is 2.13. The number of aromatic nitrogens is 2. The average Bonchev–Trinajstić information content (AvgIpc) is 2.65. The summed E-state index contributed by atoms with van der Waals surface area (Å²) in [7, 11) is 1.66. The second-order valence-electron chi connectivity index (χ2n) is 3.09. The molecule has 0 aliphatic heterocycles. The van der Waals surface area contributed by atoms with Gasteiger partial charge < -0.3 is 4.74 Å². The van der Waals surface area contributed by atoms with Crippen LogP contribution in [0.15, 0.2) is 36.5 Å². The normalized spacial score (nSPS) is 10.1. The van der Waals surface area contributed by atoms with Gasteiger partial charge >= 0.3 is 0 Å². The van der Waals surface area contributed by atoms with Crippen LogP contribution in [-0.4, -0.2) is 16.9 Å². The highest BCUT2D eigenvalue weighted by Gasteiger charge is 2.01. The first-order valence-electron chi connectivity index (χ1n) is 4.46. The van der Waals surface area contributed by atoms with Crippen molar-refractivity contribution in [3.05, 3.63) is 42.2 Å². The summed E-state index contributed by atoms with van der Waals surface area (Å²) in [6.07, 6.45) is 1.79. The molecule has 14 heavy (non-hydrogen) atoms. The Morgan fingerprint density at radius 1 is 1.29 bits per heavy atom. The Morgan fingerprint density at radius 2 is 2.14 bits per heavy atom. The fraction of sp³-hybridized carbons (Fsp3) is 0.182. The lowest BCUT2D eigenvalue weighted by Crippen LogP contribution is -1.98. The van der Waals surface area contributed by atoms with E-state index in [0.717, 1.165) is 17.1 Å². The van der Waals surface area contributed by atoms with Gasteiger partial charge in [0.05, 0.1) is 12.8 Å². The number of hydrogen-bond donors (Lipinski definition) is 0. The molecule has 2 rings (SSSR count). The lowest BCUT2D eigenvalue weighted by Gasteiger charge is -2.05. The van der Waals surface area contributed by atoms with Gasteiger partial charge in [-0.15, -0.1) is 0 Å². The van der Waals surface area contributed by atoms with Crippen molar-refractivity contribution in [1.29, 1.82) is 0 Å². The molecule has 0 aliphatic rings. The number of nitrogens with zero attached hydrogens (tertiary/aromatic N) is 2. The van der Waals surface area contributed by atoms with Crippen LogP contribution < -0.4 is 4.74 Å². The molecule has 72 valence electrons. The molecule has 0 bridgehead atoms. The van der Waals surface area contributed by atoms with Gasteiger partial charge in [0, 0.05) is 18.0 Å². The Hall–Kier alpha value is -1.77. The molecule has 0 radical (unpaired) electrons. The fourth-order valence-electron chi connectivity index (χ4n) is 1.38. The van der Waals surface area contributed by atoms with Gasteiger partial charge in [-0.25, -0.2) is 4.68 Å². The van der Waals surface area contributed by atoms with Gasteiger partial charge in [-0.05, 0) is 25.1 Å². The van der Waals surface area contributed by atoms with Gasteiger partial charge in [-0.2, -0.15) is 5.10 Å². The van der Waals surface area contributed by atoms with Gasteiger partial charge in [-0.1, -0.05) is 6.07 Å². The van der Waals surface area contributed by atoms with Crippen LogP contribution in [0.4, 0.5) is 0 Å². The maximum absolute atomic E-state index is 5.15. The molecule has 0 spiro atoms. The zero-order valence-corrected chi connectivity index (χ0v) is 8.27. The zero-order chi connectivity index (χ0) is 9.97. The Kier molecular flexibility index (Phi) is 2.23. The summed E-state index contributed by atoms with van der Waals surface area (Å²) in [5.74, 6) is 0.845. The minimum Gasteiger partial charge on any atom is -0.497 e. The summed E-state index contributed by atoms with van der Waals surface area (Å²) in [4.78, 5) is 0. The third-order valence-electron chi connectivity index (χ3n) is 2.13. The van der Waals surface area contributed by atoms with E-state index in [1.807, 2.05) is 41.9 Å². The smallest absolute Gasteiger partial charge is 0.121 e. The molecule has 0 atom stereocenters. The van der Waals surface area contributed by atoms with Crippen LogP contribution in [0.1, 0.15) is 5.69 Å². The molecule has 0 saturated heterocycles. The van der Waals surface area contributed by atoms with Gasteiger partial charge in [0.1, 0.15) is 5.75 Å². The molecule has 0 fully saturated rings. The van der Waals surface area contributed by atoms with E-state index in [-0.39, 0.29) is 0 Å². The van der Waals surface area contributed by atoms with Crippen LogP contribution >= 0.6 is 0 Å². The van der Waals surface area contributed by atoms with Crippen LogP contribution in [0.3, 0.4) is 0 Å². The third-order valence-corrected chi connectivity index (χ3v) is 2.13. The fourth-order valence-corrected chi connectivity index (χ4v) is 1.38. The average molecular weight is 188 g/mol. The second-order valence-corrected chi connectivity index (χ2v) is 3.09. The second kappa shape index (κ2) is 3.54. The molecule has 0 aliphatic carbocycles. The van der Waals surface area contributed by atoms with E-state index < -0.39 is 0 Å². The van der Waals surface area contributed by atoms with E-state index in [2.05, 4.69) is 5.10 Å². The first-order valence-corrected chi connectivity index (χ1v) is 4.46. The molecule has 0 unspecified atom stereocenters. The van der Waals surface area contributed by atoms with E-state index in [4.69, 9.17) is 4.74 Å².